The standard InChI is InChI=1S/C29H49N4P2.C5H5.Fe/c1-27(2,3)35-26(28-14-19-11-20(15-28)13-21(12-19)16-28)22-5-4-6-23(22)29(34,24-17-30-7-9-32-24)25-18-31-8-10-33-25;1-2-4-5-3-1;/h4-6,19-21,24-26,30-33,35H,7-18,34H2,1-3H3;1-5H;/q-1;-5;. The molecule has 0 aromatic heterocycles. The van der Waals surface area contributed by atoms with E-state index >= 15 is 0 Å². The fraction of sp³-hybridized carbons (Fsp3) is 0.706. The van der Waals surface area contributed by atoms with Crippen molar-refractivity contribution in [3.63, 3.8) is 0 Å². The van der Waals surface area contributed by atoms with Gasteiger partial charge < -0.3 is 51.6 Å². The van der Waals surface area contributed by atoms with E-state index in [1.165, 1.54) is 38.5 Å². The first-order valence-corrected chi connectivity index (χ1v) is 17.8. The van der Waals surface area contributed by atoms with Crippen LogP contribution in [-0.2, 0) is 22.2 Å². The first kappa shape index (κ1) is 32.3. The fourth-order valence-corrected chi connectivity index (χ4v) is 12.2. The van der Waals surface area contributed by atoms with Gasteiger partial charge in [-0.15, -0.1) is 23.4 Å². The molecule has 5 atom stereocenters. The number of rotatable bonds is 6. The van der Waals surface area contributed by atoms with Gasteiger partial charge in [-0.3, -0.25) is 0 Å². The van der Waals surface area contributed by atoms with E-state index in [9.17, 15) is 0 Å². The summed E-state index contributed by atoms with van der Waals surface area (Å²) in [6.07, 6.45) is 9.07. The maximum absolute atomic E-state index is 3.95. The molecule has 7 heteroatoms. The summed E-state index contributed by atoms with van der Waals surface area (Å²) in [7, 11) is 4.42. The van der Waals surface area contributed by atoms with Crippen molar-refractivity contribution >= 4 is 17.8 Å². The van der Waals surface area contributed by atoms with Gasteiger partial charge in [-0.25, -0.2) is 12.1 Å². The van der Waals surface area contributed by atoms with Gasteiger partial charge in [-0.05, 0) is 72.5 Å². The van der Waals surface area contributed by atoms with Gasteiger partial charge in [0.25, 0.3) is 0 Å². The fourth-order valence-electron chi connectivity index (χ4n) is 9.53. The Kier molecular flexibility index (Phi) is 10.6. The smallest absolute Gasteiger partial charge is 0.0319 e. The van der Waals surface area contributed by atoms with Crippen molar-refractivity contribution in [2.75, 3.05) is 39.3 Å². The normalized spacial score (nSPS) is 35.4. The molecule has 4 nitrogen and oxygen atoms in total. The van der Waals surface area contributed by atoms with Crippen LogP contribution in [0.2, 0.25) is 0 Å². The summed E-state index contributed by atoms with van der Waals surface area (Å²) >= 11 is 0. The molecule has 2 aromatic carbocycles. The molecule has 2 saturated heterocycles. The zero-order chi connectivity index (χ0) is 27.8. The minimum absolute atomic E-state index is 0. The molecule has 2 aromatic rings. The van der Waals surface area contributed by atoms with Crippen molar-refractivity contribution in [1.29, 1.82) is 0 Å². The molecule has 0 spiro atoms. The largest absolute Gasteiger partial charge is 0.748 e. The average Bonchev–Trinajstić information content (AvgIpc) is 3.67. The van der Waals surface area contributed by atoms with E-state index in [0.717, 1.165) is 65.6 Å². The number of hydrogen-bond donors (Lipinski definition) is 4. The van der Waals surface area contributed by atoms with E-state index in [4.69, 9.17) is 0 Å². The molecular formula is C34H54FeN4P2-6. The molecule has 8 rings (SSSR count). The first-order chi connectivity index (χ1) is 19.3. The maximum Gasteiger partial charge on any atom is 0.0319 e. The second-order valence-electron chi connectivity index (χ2n) is 14.8. The molecule has 234 valence electrons. The predicted octanol–water partition coefficient (Wildman–Crippen LogP) is 5.74. The van der Waals surface area contributed by atoms with Gasteiger partial charge in [-0.1, -0.05) is 20.8 Å². The van der Waals surface area contributed by atoms with Crippen LogP contribution in [0, 0.1) is 23.2 Å². The third-order valence-electron chi connectivity index (χ3n) is 10.7. The summed E-state index contributed by atoms with van der Waals surface area (Å²) < 4.78 is 0. The summed E-state index contributed by atoms with van der Waals surface area (Å²) in [4.78, 5) is 0. The first-order valence-electron chi connectivity index (χ1n) is 16.1. The van der Waals surface area contributed by atoms with Crippen LogP contribution >= 0.6 is 17.8 Å². The van der Waals surface area contributed by atoms with Crippen molar-refractivity contribution < 1.29 is 17.1 Å². The van der Waals surface area contributed by atoms with Gasteiger partial charge >= 0.3 is 0 Å². The van der Waals surface area contributed by atoms with E-state index in [-0.39, 0.29) is 22.2 Å². The molecular weight excluding hydrogens is 582 g/mol. The minimum atomic E-state index is -0.0252. The van der Waals surface area contributed by atoms with Crippen molar-refractivity contribution in [3.05, 3.63) is 59.7 Å². The molecule has 2 heterocycles. The predicted molar refractivity (Wildman–Crippen MR) is 176 cm³/mol. The van der Waals surface area contributed by atoms with Crippen LogP contribution < -0.4 is 21.3 Å². The molecule has 4 bridgehead atoms. The number of nitrogens with one attached hydrogen (secondary N) is 4. The van der Waals surface area contributed by atoms with Gasteiger partial charge in [0.1, 0.15) is 0 Å². The van der Waals surface area contributed by atoms with Crippen LogP contribution in [0.25, 0.3) is 0 Å². The Morgan fingerprint density at radius 2 is 1.34 bits per heavy atom. The van der Waals surface area contributed by atoms with E-state index in [1.54, 1.807) is 11.1 Å². The van der Waals surface area contributed by atoms with Gasteiger partial charge in [0.05, 0.1) is 0 Å². The monoisotopic (exact) mass is 636 g/mol. The van der Waals surface area contributed by atoms with E-state index in [0.29, 0.717) is 28.3 Å². The Labute approximate surface area is 264 Å². The number of hydrogen-bond acceptors (Lipinski definition) is 4. The number of piperazine rings is 2. The van der Waals surface area contributed by atoms with Crippen LogP contribution in [-0.4, -0.2) is 56.5 Å². The maximum atomic E-state index is 3.95. The summed E-state index contributed by atoms with van der Waals surface area (Å²) in [5.74, 6) is 3.00. The minimum Gasteiger partial charge on any atom is -0.748 e. The zero-order valence-electron chi connectivity index (χ0n) is 25.5. The Balaban J connectivity index is 0.000000510. The molecule has 4 saturated carbocycles. The topological polar surface area (TPSA) is 48.1 Å². The van der Waals surface area contributed by atoms with E-state index in [2.05, 4.69) is 69.5 Å². The quantitative estimate of drug-likeness (QED) is 0.186. The van der Waals surface area contributed by atoms with Crippen molar-refractivity contribution in [3.8, 4) is 0 Å². The van der Waals surface area contributed by atoms with Crippen LogP contribution in [0.4, 0.5) is 0 Å². The third kappa shape index (κ3) is 6.94. The van der Waals surface area contributed by atoms with Crippen LogP contribution in [0.3, 0.4) is 0 Å². The Bertz CT molecular complexity index is 994. The zero-order valence-corrected chi connectivity index (χ0v) is 28.8. The SMILES string of the molecule is CC(C)(C)PC([c-]1cccc1C(P)(C1CNCCN1)C1CNCCN1)C12CC3CC(CC(C3)C1)C2.[Fe].[cH-]1[cH-][cH-][cH-][cH-]1. The van der Waals surface area contributed by atoms with Crippen molar-refractivity contribution in [1.82, 2.24) is 21.3 Å². The molecule has 6 aliphatic rings. The molecule has 4 N–H and O–H groups in total. The van der Waals surface area contributed by atoms with Gasteiger partial charge in [0.15, 0.2) is 0 Å². The molecule has 2 aliphatic heterocycles. The van der Waals surface area contributed by atoms with E-state index < -0.39 is 0 Å². The van der Waals surface area contributed by atoms with Crippen molar-refractivity contribution in [2.45, 2.75) is 87.4 Å². The van der Waals surface area contributed by atoms with Crippen LogP contribution in [0.5, 0.6) is 0 Å². The van der Waals surface area contributed by atoms with Gasteiger partial charge in [-0.2, -0.15) is 11.6 Å². The van der Waals surface area contributed by atoms with Crippen LogP contribution in [0.1, 0.15) is 76.1 Å². The summed E-state index contributed by atoms with van der Waals surface area (Å²) in [5, 5.41) is 15.7. The molecule has 4 aliphatic carbocycles. The molecule has 6 fully saturated rings. The second-order valence-corrected chi connectivity index (χ2v) is 18.1. The Hall–Kier alpha value is -0.0805. The summed E-state index contributed by atoms with van der Waals surface area (Å²) in [6.45, 7) is 13.8. The summed E-state index contributed by atoms with van der Waals surface area (Å²) in [6, 6.07) is 18.3. The Morgan fingerprint density at radius 3 is 1.76 bits per heavy atom. The second kappa shape index (κ2) is 13.5. The molecule has 0 amide bonds. The van der Waals surface area contributed by atoms with E-state index in [1.807, 2.05) is 30.3 Å². The summed E-state index contributed by atoms with van der Waals surface area (Å²) in [5.41, 5.74) is 4.55. The average molecular weight is 637 g/mol. The van der Waals surface area contributed by atoms with Gasteiger partial charge in [0, 0.05) is 73.6 Å². The van der Waals surface area contributed by atoms with Crippen molar-refractivity contribution in [2.24, 2.45) is 23.2 Å². The molecule has 0 radical (unpaired) electrons. The Morgan fingerprint density at radius 1 is 0.854 bits per heavy atom. The molecule has 41 heavy (non-hydrogen) atoms. The molecule has 5 unspecified atom stereocenters. The third-order valence-corrected chi connectivity index (χ3v) is 13.9. The van der Waals surface area contributed by atoms with Gasteiger partial charge in [0.2, 0.25) is 0 Å². The van der Waals surface area contributed by atoms with Crippen LogP contribution in [0.15, 0.2) is 48.5 Å².